The smallest absolute Gasteiger partial charge is 0.493 e. The Morgan fingerprint density at radius 3 is 2.57 bits per heavy atom. The number of nitrogens with one attached hydrogen (secondary N) is 1. The van der Waals surface area contributed by atoms with Crippen LogP contribution in [0.25, 0.3) is 0 Å². The average Bonchev–Trinajstić information content (AvgIpc) is 2.82. The van der Waals surface area contributed by atoms with Crippen LogP contribution in [0.2, 0.25) is 10.0 Å². The summed E-state index contributed by atoms with van der Waals surface area (Å²) in [6.07, 6.45) is -0.913. The number of hydrogen-bond acceptors (Lipinski definition) is 5. The minimum absolute atomic E-state index is 0.182. The zero-order chi connectivity index (χ0) is 24.9. The van der Waals surface area contributed by atoms with Crippen molar-refractivity contribution in [1.82, 2.24) is 5.32 Å². The van der Waals surface area contributed by atoms with Gasteiger partial charge in [-0.15, -0.1) is 0 Å². The van der Waals surface area contributed by atoms with Gasteiger partial charge in [0.15, 0.2) is 0 Å². The molecule has 4 rings (SSSR count). The molecule has 3 aromatic carbocycles. The third-order valence-electron chi connectivity index (χ3n) is 5.56. The lowest BCUT2D eigenvalue weighted by Gasteiger charge is -2.25. The van der Waals surface area contributed by atoms with Crippen LogP contribution in [-0.2, 0) is 11.2 Å². The van der Waals surface area contributed by atoms with Gasteiger partial charge in [-0.1, -0.05) is 35.3 Å². The fraction of sp³-hybridized carbons (Fsp3) is 0.231. The quantitative estimate of drug-likeness (QED) is 0.345. The molecule has 35 heavy (non-hydrogen) atoms. The molecule has 1 heterocycles. The first-order chi connectivity index (χ1) is 16.8. The zero-order valence-electron chi connectivity index (χ0n) is 18.8. The molecule has 0 saturated carbocycles. The van der Waals surface area contributed by atoms with Crippen molar-refractivity contribution in [3.63, 3.8) is 0 Å². The minimum atomic E-state index is -1.36. The highest BCUT2D eigenvalue weighted by atomic mass is 35.5. The Balaban J connectivity index is 1.42. The van der Waals surface area contributed by atoms with E-state index >= 15 is 0 Å². The van der Waals surface area contributed by atoms with Crippen molar-refractivity contribution in [1.29, 1.82) is 0 Å². The normalized spacial score (nSPS) is 14.4. The number of hydrogen-bond donors (Lipinski definition) is 2. The molecule has 1 aliphatic rings. The Morgan fingerprint density at radius 1 is 1.09 bits per heavy atom. The summed E-state index contributed by atoms with van der Waals surface area (Å²) in [6.45, 7) is 2.64. The number of halogens is 2. The lowest BCUT2D eigenvalue weighted by atomic mass is 10.0. The molecule has 0 bridgehead atoms. The highest BCUT2D eigenvalue weighted by Crippen LogP contribution is 2.42. The molecule has 3 aromatic rings. The number of carbonyl (C=O) groups is 2. The van der Waals surface area contributed by atoms with Crippen LogP contribution in [0.15, 0.2) is 54.6 Å². The summed E-state index contributed by atoms with van der Waals surface area (Å²) in [5, 5.41) is 12.8. The number of carbonyl (C=O) groups excluding carboxylic acids is 1. The molecule has 0 saturated heterocycles. The number of carboxylic acid groups (broad SMARTS) is 1. The summed E-state index contributed by atoms with van der Waals surface area (Å²) in [6, 6.07) is 15.8. The Morgan fingerprint density at radius 2 is 1.86 bits per heavy atom. The number of ether oxygens (including phenoxy) is 3. The summed E-state index contributed by atoms with van der Waals surface area (Å²) < 4.78 is 16.6. The van der Waals surface area contributed by atoms with Crippen LogP contribution in [0.3, 0.4) is 0 Å². The molecular weight excluding hydrogens is 493 g/mol. The van der Waals surface area contributed by atoms with Gasteiger partial charge in [-0.3, -0.25) is 4.79 Å². The van der Waals surface area contributed by atoms with E-state index in [9.17, 15) is 9.59 Å². The lowest BCUT2D eigenvalue weighted by Crippen LogP contribution is -2.25. The zero-order valence-corrected chi connectivity index (χ0v) is 20.4. The number of fused-ring (bicyclic) bond motifs is 1. The first-order valence-electron chi connectivity index (χ1n) is 11.0. The SMILES string of the molecule is Cc1cc(C(=O)NCCc2ccc(Cl)cc2)ccc1Oc1cc2c(cc1Cl)C(OC(=O)O)CCO2. The molecule has 0 aromatic heterocycles. The predicted molar refractivity (Wildman–Crippen MR) is 132 cm³/mol. The van der Waals surface area contributed by atoms with Gasteiger partial charge in [0, 0.05) is 35.2 Å². The number of amides is 1. The van der Waals surface area contributed by atoms with Gasteiger partial charge in [-0.05, 0) is 60.9 Å². The molecule has 1 aliphatic heterocycles. The van der Waals surface area contributed by atoms with Crippen LogP contribution in [0.5, 0.6) is 17.2 Å². The van der Waals surface area contributed by atoms with E-state index in [1.165, 1.54) is 0 Å². The van der Waals surface area contributed by atoms with Crippen LogP contribution >= 0.6 is 23.2 Å². The highest BCUT2D eigenvalue weighted by molar-refractivity contribution is 6.32. The van der Waals surface area contributed by atoms with E-state index in [0.29, 0.717) is 59.4 Å². The maximum absolute atomic E-state index is 12.6. The van der Waals surface area contributed by atoms with Crippen molar-refractivity contribution in [2.75, 3.05) is 13.2 Å². The van der Waals surface area contributed by atoms with Gasteiger partial charge in [-0.2, -0.15) is 0 Å². The molecule has 0 radical (unpaired) electrons. The van der Waals surface area contributed by atoms with Gasteiger partial charge in [0.25, 0.3) is 5.91 Å². The Bertz CT molecular complexity index is 1250. The molecule has 1 atom stereocenters. The minimum Gasteiger partial charge on any atom is -0.493 e. The van der Waals surface area contributed by atoms with Gasteiger partial charge >= 0.3 is 6.16 Å². The molecule has 0 fully saturated rings. The summed E-state index contributed by atoms with van der Waals surface area (Å²) in [5.74, 6) is 1.15. The van der Waals surface area contributed by atoms with Crippen molar-refractivity contribution >= 4 is 35.3 Å². The Kier molecular flexibility index (Phi) is 7.68. The van der Waals surface area contributed by atoms with Crippen molar-refractivity contribution in [3.8, 4) is 17.2 Å². The number of benzene rings is 3. The first kappa shape index (κ1) is 24.7. The average molecular weight is 516 g/mol. The predicted octanol–water partition coefficient (Wildman–Crippen LogP) is 6.58. The van der Waals surface area contributed by atoms with Crippen molar-refractivity contribution in [2.24, 2.45) is 0 Å². The second kappa shape index (κ2) is 10.9. The van der Waals surface area contributed by atoms with E-state index in [0.717, 1.165) is 11.1 Å². The standard InChI is InChI=1S/C26H23Cl2NO6/c1-15-12-17(25(30)29-10-8-16-2-5-18(27)6-3-16)4-7-21(15)34-24-14-23-19(13-20(24)28)22(9-11-33-23)35-26(31)32/h2-7,12-14,22H,8-11H2,1H3,(H,29,30)(H,31,32). The van der Waals surface area contributed by atoms with Crippen molar-refractivity contribution < 1.29 is 28.9 Å². The van der Waals surface area contributed by atoms with Crippen molar-refractivity contribution in [3.05, 3.63) is 86.9 Å². The molecule has 1 unspecified atom stereocenters. The van der Waals surface area contributed by atoms with Gasteiger partial charge in [0.05, 0.1) is 11.6 Å². The van der Waals surface area contributed by atoms with Gasteiger partial charge < -0.3 is 24.6 Å². The van der Waals surface area contributed by atoms with E-state index in [2.05, 4.69) is 5.32 Å². The Labute approximate surface area is 212 Å². The maximum Gasteiger partial charge on any atom is 0.506 e. The topological polar surface area (TPSA) is 94.1 Å². The molecular formula is C26H23Cl2NO6. The van der Waals surface area contributed by atoms with Crippen LogP contribution in [0, 0.1) is 6.92 Å². The van der Waals surface area contributed by atoms with Crippen LogP contribution in [-0.4, -0.2) is 30.3 Å². The highest BCUT2D eigenvalue weighted by Gasteiger charge is 2.27. The second-order valence-corrected chi connectivity index (χ2v) is 8.89. The van der Waals surface area contributed by atoms with Crippen molar-refractivity contribution in [2.45, 2.75) is 25.9 Å². The Hall–Kier alpha value is -3.42. The van der Waals surface area contributed by atoms with Crippen LogP contribution in [0.4, 0.5) is 4.79 Å². The molecule has 0 aliphatic carbocycles. The number of rotatable bonds is 7. The van der Waals surface area contributed by atoms with Gasteiger partial charge in [0.1, 0.15) is 23.4 Å². The molecule has 1 amide bonds. The van der Waals surface area contributed by atoms with E-state index in [4.69, 9.17) is 42.5 Å². The van der Waals surface area contributed by atoms with E-state index in [-0.39, 0.29) is 10.9 Å². The van der Waals surface area contributed by atoms with Crippen LogP contribution < -0.4 is 14.8 Å². The fourth-order valence-corrected chi connectivity index (χ4v) is 4.11. The molecule has 2 N–H and O–H groups in total. The monoisotopic (exact) mass is 515 g/mol. The van der Waals surface area contributed by atoms with E-state index in [1.807, 2.05) is 31.2 Å². The maximum atomic E-state index is 12.6. The fourth-order valence-electron chi connectivity index (χ4n) is 3.78. The van der Waals surface area contributed by atoms with E-state index < -0.39 is 12.3 Å². The molecule has 9 heteroatoms. The first-order valence-corrected chi connectivity index (χ1v) is 11.7. The number of aryl methyl sites for hydroxylation is 1. The van der Waals surface area contributed by atoms with Crippen LogP contribution in [0.1, 0.15) is 39.6 Å². The third-order valence-corrected chi connectivity index (χ3v) is 6.11. The largest absolute Gasteiger partial charge is 0.506 e. The summed E-state index contributed by atoms with van der Waals surface area (Å²) in [4.78, 5) is 23.5. The molecule has 0 spiro atoms. The lowest BCUT2D eigenvalue weighted by molar-refractivity contribution is 0.0326. The molecule has 182 valence electrons. The van der Waals surface area contributed by atoms with Gasteiger partial charge in [-0.25, -0.2) is 4.79 Å². The summed E-state index contributed by atoms with van der Waals surface area (Å²) in [7, 11) is 0. The van der Waals surface area contributed by atoms with Gasteiger partial charge in [0.2, 0.25) is 0 Å². The third kappa shape index (κ3) is 6.18. The second-order valence-electron chi connectivity index (χ2n) is 8.04. The molecule has 7 nitrogen and oxygen atoms in total. The summed E-state index contributed by atoms with van der Waals surface area (Å²) >= 11 is 12.3. The van der Waals surface area contributed by atoms with E-state index in [1.54, 1.807) is 30.3 Å². The summed E-state index contributed by atoms with van der Waals surface area (Å²) in [5.41, 5.74) is 2.90.